The SMILES string of the molecule is NCC(=O)NCc1cccc(-c2ccc(C(=O)N(CCN=O)Cc3ccccc3)cc2)c1. The molecule has 3 aromatic rings. The van der Waals surface area contributed by atoms with Gasteiger partial charge in [-0.1, -0.05) is 65.8 Å². The smallest absolute Gasteiger partial charge is 0.254 e. The molecule has 0 bridgehead atoms. The number of amides is 2. The van der Waals surface area contributed by atoms with Crippen LogP contribution in [0.2, 0.25) is 0 Å². The average Bonchev–Trinajstić information content (AvgIpc) is 2.85. The van der Waals surface area contributed by atoms with Crippen LogP contribution >= 0.6 is 0 Å². The Morgan fingerprint density at radius 1 is 0.875 bits per heavy atom. The second kappa shape index (κ2) is 11.5. The zero-order valence-corrected chi connectivity index (χ0v) is 17.7. The molecule has 0 fully saturated rings. The molecule has 7 heteroatoms. The van der Waals surface area contributed by atoms with Gasteiger partial charge in [-0.05, 0) is 40.5 Å². The van der Waals surface area contributed by atoms with E-state index in [0.717, 1.165) is 22.3 Å². The van der Waals surface area contributed by atoms with E-state index in [1.54, 1.807) is 17.0 Å². The number of nitrogens with two attached hydrogens (primary N) is 1. The van der Waals surface area contributed by atoms with Gasteiger partial charge in [-0.3, -0.25) is 9.59 Å². The molecule has 0 spiro atoms. The lowest BCUT2D eigenvalue weighted by Gasteiger charge is -2.22. The van der Waals surface area contributed by atoms with Crippen molar-refractivity contribution in [1.29, 1.82) is 0 Å². The van der Waals surface area contributed by atoms with Gasteiger partial charge in [-0.15, -0.1) is 0 Å². The Balaban J connectivity index is 1.73. The van der Waals surface area contributed by atoms with E-state index in [0.29, 0.717) is 18.7 Å². The molecule has 0 aromatic heterocycles. The summed E-state index contributed by atoms with van der Waals surface area (Å²) in [5, 5.41) is 5.67. The number of nitroso groups, excluding NO2 is 1. The molecule has 32 heavy (non-hydrogen) atoms. The van der Waals surface area contributed by atoms with Gasteiger partial charge in [0.2, 0.25) is 5.91 Å². The summed E-state index contributed by atoms with van der Waals surface area (Å²) in [4.78, 5) is 36.7. The topological polar surface area (TPSA) is 105 Å². The van der Waals surface area contributed by atoms with Crippen LogP contribution in [0.5, 0.6) is 0 Å². The first-order valence-corrected chi connectivity index (χ1v) is 10.4. The number of carbonyl (C=O) groups excluding carboxylic acids is 2. The Bertz CT molecular complexity index is 1050. The number of hydrogen-bond acceptors (Lipinski definition) is 5. The third-order valence-electron chi connectivity index (χ3n) is 5.03. The van der Waals surface area contributed by atoms with Crippen LogP contribution in [0.1, 0.15) is 21.5 Å². The minimum Gasteiger partial charge on any atom is -0.351 e. The van der Waals surface area contributed by atoms with Crippen molar-refractivity contribution in [2.24, 2.45) is 10.9 Å². The molecular weight excluding hydrogens is 404 g/mol. The van der Waals surface area contributed by atoms with Crippen molar-refractivity contribution in [3.8, 4) is 11.1 Å². The maximum absolute atomic E-state index is 13.1. The summed E-state index contributed by atoms with van der Waals surface area (Å²) in [6, 6.07) is 24.8. The summed E-state index contributed by atoms with van der Waals surface area (Å²) in [6.07, 6.45) is 0. The van der Waals surface area contributed by atoms with Crippen LogP contribution in [0.25, 0.3) is 11.1 Å². The van der Waals surface area contributed by atoms with E-state index in [1.165, 1.54) is 0 Å². The Hall–Kier alpha value is -3.84. The van der Waals surface area contributed by atoms with Crippen molar-refractivity contribution >= 4 is 11.8 Å². The van der Waals surface area contributed by atoms with Crippen LogP contribution in [0, 0.1) is 4.91 Å². The fraction of sp³-hybridized carbons (Fsp3) is 0.200. The molecule has 0 aliphatic carbocycles. The van der Waals surface area contributed by atoms with Crippen LogP contribution in [0.3, 0.4) is 0 Å². The van der Waals surface area contributed by atoms with Crippen LogP contribution in [0.4, 0.5) is 0 Å². The number of rotatable bonds is 10. The van der Waals surface area contributed by atoms with Crippen LogP contribution in [-0.2, 0) is 17.9 Å². The molecule has 0 atom stereocenters. The molecule has 2 amide bonds. The fourth-order valence-electron chi connectivity index (χ4n) is 3.34. The zero-order valence-electron chi connectivity index (χ0n) is 17.7. The highest BCUT2D eigenvalue weighted by atomic mass is 16.3. The maximum Gasteiger partial charge on any atom is 0.254 e. The molecule has 0 unspecified atom stereocenters. The summed E-state index contributed by atoms with van der Waals surface area (Å²) in [5.41, 5.74) is 9.75. The van der Waals surface area contributed by atoms with Crippen molar-refractivity contribution in [3.63, 3.8) is 0 Å². The van der Waals surface area contributed by atoms with Gasteiger partial charge in [0.25, 0.3) is 5.91 Å². The highest BCUT2D eigenvalue weighted by molar-refractivity contribution is 5.94. The normalized spacial score (nSPS) is 10.4. The summed E-state index contributed by atoms with van der Waals surface area (Å²) >= 11 is 0. The largest absolute Gasteiger partial charge is 0.351 e. The van der Waals surface area contributed by atoms with E-state index in [-0.39, 0.29) is 31.4 Å². The third kappa shape index (κ3) is 6.33. The van der Waals surface area contributed by atoms with Gasteiger partial charge in [0, 0.05) is 25.2 Å². The summed E-state index contributed by atoms with van der Waals surface area (Å²) < 4.78 is 0. The molecule has 7 nitrogen and oxygen atoms in total. The Labute approximate surface area is 187 Å². The summed E-state index contributed by atoms with van der Waals surface area (Å²) in [5.74, 6) is -0.356. The molecule has 3 aromatic carbocycles. The van der Waals surface area contributed by atoms with Crippen molar-refractivity contribution in [1.82, 2.24) is 10.2 Å². The van der Waals surface area contributed by atoms with Gasteiger partial charge >= 0.3 is 0 Å². The molecule has 3 rings (SSSR count). The highest BCUT2D eigenvalue weighted by Gasteiger charge is 2.16. The minimum atomic E-state index is -0.205. The molecule has 0 aliphatic rings. The second-order valence-corrected chi connectivity index (χ2v) is 7.32. The molecule has 0 aliphatic heterocycles. The predicted molar refractivity (Wildman–Crippen MR) is 125 cm³/mol. The van der Waals surface area contributed by atoms with Crippen molar-refractivity contribution in [3.05, 3.63) is 100 Å². The average molecular weight is 431 g/mol. The van der Waals surface area contributed by atoms with Crippen molar-refractivity contribution < 1.29 is 9.59 Å². The summed E-state index contributed by atoms with van der Waals surface area (Å²) in [7, 11) is 0. The van der Waals surface area contributed by atoms with Crippen LogP contribution in [-0.4, -0.2) is 36.3 Å². The molecule has 0 saturated carbocycles. The number of hydrogen-bond donors (Lipinski definition) is 2. The lowest BCUT2D eigenvalue weighted by molar-refractivity contribution is -0.119. The first-order chi connectivity index (χ1) is 15.6. The van der Waals surface area contributed by atoms with Crippen molar-refractivity contribution in [2.75, 3.05) is 19.6 Å². The number of benzene rings is 3. The molecule has 0 saturated heterocycles. The molecular formula is C25H26N4O3. The third-order valence-corrected chi connectivity index (χ3v) is 5.03. The summed E-state index contributed by atoms with van der Waals surface area (Å²) in [6.45, 7) is 1.08. The number of nitrogens with zero attached hydrogens (tertiary/aromatic N) is 2. The first kappa shape index (κ1) is 22.8. The van der Waals surface area contributed by atoms with Gasteiger partial charge in [-0.25, -0.2) is 0 Å². The van der Waals surface area contributed by atoms with Crippen LogP contribution < -0.4 is 11.1 Å². The molecule has 164 valence electrons. The van der Waals surface area contributed by atoms with E-state index in [9.17, 15) is 14.5 Å². The van der Waals surface area contributed by atoms with Gasteiger partial charge < -0.3 is 16.0 Å². The number of carbonyl (C=O) groups is 2. The quantitative estimate of drug-likeness (QED) is 0.481. The standard InChI is InChI=1S/C25H26N4O3/c26-16-24(30)27-17-20-7-4-8-23(15-20)21-9-11-22(12-10-21)25(31)29(14-13-28-32)18-19-5-2-1-3-6-19/h1-12,15H,13-14,16-18,26H2,(H,27,30). The van der Waals surface area contributed by atoms with E-state index >= 15 is 0 Å². The van der Waals surface area contributed by atoms with E-state index in [1.807, 2.05) is 66.7 Å². The fourth-order valence-corrected chi connectivity index (χ4v) is 3.34. The van der Waals surface area contributed by atoms with Gasteiger partial charge in [0.1, 0.15) is 0 Å². The lowest BCUT2D eigenvalue weighted by atomic mass is 10.0. The van der Waals surface area contributed by atoms with Crippen molar-refractivity contribution in [2.45, 2.75) is 13.1 Å². The minimum absolute atomic E-state index is 0.0423. The Morgan fingerprint density at radius 3 is 2.28 bits per heavy atom. The van der Waals surface area contributed by atoms with Gasteiger partial charge in [0.05, 0.1) is 13.1 Å². The molecule has 0 radical (unpaired) electrons. The van der Waals surface area contributed by atoms with Gasteiger partial charge in [-0.2, -0.15) is 4.91 Å². The van der Waals surface area contributed by atoms with E-state index < -0.39 is 0 Å². The molecule has 3 N–H and O–H groups in total. The van der Waals surface area contributed by atoms with E-state index in [2.05, 4.69) is 10.5 Å². The van der Waals surface area contributed by atoms with Gasteiger partial charge in [0.15, 0.2) is 0 Å². The monoisotopic (exact) mass is 430 g/mol. The molecule has 0 heterocycles. The highest BCUT2D eigenvalue weighted by Crippen LogP contribution is 2.22. The first-order valence-electron chi connectivity index (χ1n) is 10.4. The second-order valence-electron chi connectivity index (χ2n) is 7.32. The predicted octanol–water partition coefficient (Wildman–Crippen LogP) is 3.34. The lowest BCUT2D eigenvalue weighted by Crippen LogP contribution is -2.32. The van der Waals surface area contributed by atoms with Crippen LogP contribution in [0.15, 0.2) is 84.0 Å². The zero-order chi connectivity index (χ0) is 22.8. The number of nitrogens with one attached hydrogen (secondary N) is 1. The maximum atomic E-state index is 13.1. The Kier molecular flexibility index (Phi) is 8.22. The Morgan fingerprint density at radius 2 is 1.59 bits per heavy atom. The van der Waals surface area contributed by atoms with E-state index in [4.69, 9.17) is 5.73 Å².